The number of anilines is 4. The van der Waals surface area contributed by atoms with E-state index in [1.54, 1.807) is 12.1 Å². The van der Waals surface area contributed by atoms with E-state index in [0.29, 0.717) is 57.5 Å². The lowest BCUT2D eigenvalue weighted by atomic mass is 10.1. The largest absolute Gasteiger partial charge is 0.494 e. The van der Waals surface area contributed by atoms with Crippen LogP contribution in [-0.4, -0.2) is 76.9 Å². The van der Waals surface area contributed by atoms with Gasteiger partial charge in [-0.1, -0.05) is 36.1 Å². The van der Waals surface area contributed by atoms with Gasteiger partial charge in [-0.05, 0) is 32.3 Å². The third kappa shape index (κ3) is 6.79. The summed E-state index contributed by atoms with van der Waals surface area (Å²) < 4.78 is 47.9. The number of aryl methyl sites for hydroxylation is 1. The van der Waals surface area contributed by atoms with Crippen LogP contribution in [0, 0.1) is 0 Å². The van der Waals surface area contributed by atoms with Crippen LogP contribution in [0.5, 0.6) is 5.75 Å². The number of ether oxygens (including phenoxy) is 1. The first-order chi connectivity index (χ1) is 21.9. The lowest BCUT2D eigenvalue weighted by Gasteiger charge is -2.26. The van der Waals surface area contributed by atoms with E-state index < -0.39 is 17.1 Å². The molecule has 0 aliphatic carbocycles. The zero-order chi connectivity index (χ0) is 33.2. The molecule has 240 valence electrons. The predicted molar refractivity (Wildman–Crippen MR) is 175 cm³/mol. The molecule has 0 aliphatic heterocycles. The summed E-state index contributed by atoms with van der Waals surface area (Å²) in [6.07, 6.45) is -0.187. The number of fused-ring (bicyclic) bond motifs is 1. The van der Waals surface area contributed by atoms with Gasteiger partial charge in [-0.3, -0.25) is 4.79 Å². The molecule has 3 aromatic heterocycles. The quantitative estimate of drug-likeness (QED) is 0.165. The fourth-order valence-corrected chi connectivity index (χ4v) is 5.53. The second-order valence-corrected chi connectivity index (χ2v) is 11.6. The number of hydrogen-bond donors (Lipinski definition) is 2. The third-order valence-corrected chi connectivity index (χ3v) is 8.14. The molecule has 0 aliphatic rings. The van der Waals surface area contributed by atoms with E-state index in [1.165, 1.54) is 19.4 Å². The summed E-state index contributed by atoms with van der Waals surface area (Å²) in [5, 5.41) is 13.0. The summed E-state index contributed by atoms with van der Waals surface area (Å²) in [7, 11) is 9.25. The van der Waals surface area contributed by atoms with Crippen molar-refractivity contribution in [1.29, 1.82) is 0 Å². The Morgan fingerprint density at radius 2 is 1.87 bits per heavy atom. The molecule has 2 aromatic carbocycles. The molecule has 0 atom stereocenters. The van der Waals surface area contributed by atoms with Crippen molar-refractivity contribution in [2.24, 2.45) is 7.05 Å². The number of nitrogens with zero attached hydrogens (tertiary/aromatic N) is 7. The molecule has 0 saturated heterocycles. The molecule has 1 amide bonds. The molecule has 11 nitrogen and oxygen atoms in total. The topological polar surface area (TPSA) is 113 Å². The minimum atomic E-state index is -4.64. The van der Waals surface area contributed by atoms with E-state index in [-0.39, 0.29) is 11.0 Å². The normalized spacial score (nSPS) is 11.6. The maximum Gasteiger partial charge on any atom is 0.445 e. The van der Waals surface area contributed by atoms with Crippen LogP contribution >= 0.6 is 11.3 Å². The SMILES string of the molecule is C=CC(=O)Nc1cc(Nc2ncc(-c3nnc(C(F)(F)F)s3)c(-c3cn(C)c4ccccc34)n2)c(OC)cc1N(C)CCN(C)C. The standard InChI is InChI=1S/C31H32F3N9O2S/c1-7-26(44)36-21-14-22(25(45-6)15-24(21)42(4)13-12-41(2)3)37-30-35-16-19(28-39-40-29(46-28)31(32,33)34)27(38-30)20-17-43(5)23-11-9-8-10-18(20)23/h7-11,14-17H,1,12-13H2,2-6H3,(H,36,44)(H,35,37,38). The molecule has 0 radical (unpaired) electrons. The van der Waals surface area contributed by atoms with Gasteiger partial charge < -0.3 is 29.7 Å². The van der Waals surface area contributed by atoms with Gasteiger partial charge in [0.15, 0.2) is 5.01 Å². The number of carbonyl (C=O) groups excluding carboxylic acids is 1. The van der Waals surface area contributed by atoms with Crippen LogP contribution in [0.3, 0.4) is 0 Å². The molecule has 5 rings (SSSR count). The molecular weight excluding hydrogens is 619 g/mol. The Balaban J connectivity index is 1.62. The van der Waals surface area contributed by atoms with Crippen molar-refractivity contribution in [3.63, 3.8) is 0 Å². The van der Waals surface area contributed by atoms with Crippen molar-refractivity contribution >= 4 is 51.2 Å². The molecule has 0 unspecified atom stereocenters. The van der Waals surface area contributed by atoms with Crippen LogP contribution in [0.25, 0.3) is 32.7 Å². The van der Waals surface area contributed by atoms with Crippen LogP contribution in [0.4, 0.5) is 36.2 Å². The number of likely N-dealkylation sites (N-methyl/N-ethyl adjacent to an activating group) is 2. The minimum Gasteiger partial charge on any atom is -0.494 e. The van der Waals surface area contributed by atoms with Crippen LogP contribution in [0.1, 0.15) is 5.01 Å². The van der Waals surface area contributed by atoms with Crippen molar-refractivity contribution in [3.8, 4) is 27.6 Å². The first-order valence-electron chi connectivity index (χ1n) is 14.0. The van der Waals surface area contributed by atoms with Crippen LogP contribution < -0.4 is 20.3 Å². The molecular formula is C31H32F3N9O2S. The maximum absolute atomic E-state index is 13.4. The second kappa shape index (κ2) is 13.1. The van der Waals surface area contributed by atoms with E-state index >= 15 is 0 Å². The van der Waals surface area contributed by atoms with E-state index in [4.69, 9.17) is 9.72 Å². The first-order valence-corrected chi connectivity index (χ1v) is 14.8. The minimum absolute atomic E-state index is 0.0268. The number of halogens is 3. The summed E-state index contributed by atoms with van der Waals surface area (Å²) in [6.45, 7) is 4.99. The zero-order valence-electron chi connectivity index (χ0n) is 25.8. The summed E-state index contributed by atoms with van der Waals surface area (Å²) in [5.74, 6) is 0.189. The van der Waals surface area contributed by atoms with Crippen molar-refractivity contribution < 1.29 is 22.7 Å². The lowest BCUT2D eigenvalue weighted by Crippen LogP contribution is -2.29. The molecule has 2 N–H and O–H groups in total. The highest BCUT2D eigenvalue weighted by atomic mass is 32.1. The maximum atomic E-state index is 13.4. The van der Waals surface area contributed by atoms with Gasteiger partial charge in [-0.2, -0.15) is 13.2 Å². The summed E-state index contributed by atoms with van der Waals surface area (Å²) in [6, 6.07) is 11.1. The third-order valence-electron chi connectivity index (χ3n) is 7.14. The van der Waals surface area contributed by atoms with Crippen LogP contribution in [0.15, 0.2) is 61.4 Å². The summed E-state index contributed by atoms with van der Waals surface area (Å²) >= 11 is 0.419. The smallest absolute Gasteiger partial charge is 0.445 e. The number of benzene rings is 2. The van der Waals surface area contributed by atoms with Gasteiger partial charge in [0.1, 0.15) is 5.75 Å². The fraction of sp³-hybridized carbons (Fsp3) is 0.258. The van der Waals surface area contributed by atoms with Gasteiger partial charge in [0.05, 0.1) is 35.4 Å². The van der Waals surface area contributed by atoms with Crippen LogP contribution in [0.2, 0.25) is 0 Å². The van der Waals surface area contributed by atoms with Crippen molar-refractivity contribution in [3.05, 3.63) is 66.5 Å². The molecule has 0 fully saturated rings. The number of methoxy groups -OCH3 is 1. The predicted octanol–water partition coefficient (Wildman–Crippen LogP) is 6.05. The van der Waals surface area contributed by atoms with Gasteiger partial charge in [0.25, 0.3) is 0 Å². The number of nitrogens with one attached hydrogen (secondary N) is 2. The van der Waals surface area contributed by atoms with Gasteiger partial charge >= 0.3 is 6.18 Å². The van der Waals surface area contributed by atoms with Crippen molar-refractivity contribution in [1.82, 2.24) is 29.6 Å². The Labute approximate surface area is 267 Å². The highest BCUT2D eigenvalue weighted by Gasteiger charge is 2.36. The van der Waals surface area contributed by atoms with Crippen molar-refractivity contribution in [2.75, 3.05) is 56.9 Å². The van der Waals surface area contributed by atoms with Gasteiger partial charge in [-0.25, -0.2) is 9.97 Å². The Morgan fingerprint density at radius 1 is 1.11 bits per heavy atom. The molecule has 0 spiro atoms. The van der Waals surface area contributed by atoms with Crippen molar-refractivity contribution in [2.45, 2.75) is 6.18 Å². The number of aromatic nitrogens is 5. The monoisotopic (exact) mass is 651 g/mol. The average molecular weight is 652 g/mol. The molecule has 15 heteroatoms. The van der Waals surface area contributed by atoms with Gasteiger partial charge in [-0.15, -0.1) is 10.2 Å². The Hall–Kier alpha value is -5.02. The summed E-state index contributed by atoms with van der Waals surface area (Å²) in [5.41, 5.74) is 3.88. The van der Waals surface area contributed by atoms with Crippen LogP contribution in [-0.2, 0) is 18.0 Å². The van der Waals surface area contributed by atoms with E-state index in [9.17, 15) is 18.0 Å². The molecule has 0 bridgehead atoms. The fourth-order valence-electron chi connectivity index (χ4n) is 4.81. The number of para-hydroxylation sites is 1. The molecule has 0 saturated carbocycles. The Morgan fingerprint density at radius 3 is 2.54 bits per heavy atom. The number of hydrogen-bond acceptors (Lipinski definition) is 10. The summed E-state index contributed by atoms with van der Waals surface area (Å²) in [4.78, 5) is 25.6. The Kier molecular flexibility index (Phi) is 9.25. The second-order valence-electron chi connectivity index (χ2n) is 10.6. The van der Waals surface area contributed by atoms with Gasteiger partial charge in [0.2, 0.25) is 16.9 Å². The zero-order valence-corrected chi connectivity index (χ0v) is 26.6. The molecule has 5 aromatic rings. The molecule has 3 heterocycles. The Bertz CT molecular complexity index is 1900. The number of alkyl halides is 3. The number of carbonyl (C=O) groups is 1. The van der Waals surface area contributed by atoms with E-state index in [0.717, 1.165) is 17.4 Å². The first kappa shape index (κ1) is 32.4. The lowest BCUT2D eigenvalue weighted by molar-refractivity contribution is -0.138. The van der Waals surface area contributed by atoms with E-state index in [1.807, 2.05) is 73.0 Å². The highest BCUT2D eigenvalue weighted by Crippen LogP contribution is 2.41. The number of rotatable bonds is 11. The van der Waals surface area contributed by atoms with E-state index in [2.05, 4.69) is 32.4 Å². The molecule has 46 heavy (non-hydrogen) atoms. The number of amides is 1. The average Bonchev–Trinajstić information content (AvgIpc) is 3.65. The highest BCUT2D eigenvalue weighted by molar-refractivity contribution is 7.14. The van der Waals surface area contributed by atoms with Gasteiger partial charge in [0, 0.05) is 62.1 Å².